The SMILES string of the molecule is CCc1ccc(SCC=O)cc1. The fourth-order valence-electron chi connectivity index (χ4n) is 0.952. The standard InChI is InChI=1S/C10H12OS/c1-2-9-3-5-10(6-4-9)12-8-7-11/h3-7H,2,8H2,1H3. The summed E-state index contributed by atoms with van der Waals surface area (Å²) < 4.78 is 0. The maximum atomic E-state index is 10.1. The highest BCUT2D eigenvalue weighted by molar-refractivity contribution is 7.99. The molecule has 0 saturated carbocycles. The minimum Gasteiger partial charge on any atom is -0.302 e. The van der Waals surface area contributed by atoms with Gasteiger partial charge < -0.3 is 4.79 Å². The van der Waals surface area contributed by atoms with Gasteiger partial charge in [0.25, 0.3) is 0 Å². The molecule has 1 aromatic rings. The summed E-state index contributed by atoms with van der Waals surface area (Å²) in [5.41, 5.74) is 1.34. The molecule has 0 saturated heterocycles. The largest absolute Gasteiger partial charge is 0.302 e. The van der Waals surface area contributed by atoms with E-state index in [1.807, 2.05) is 0 Å². The first kappa shape index (κ1) is 9.33. The number of thioether (sulfide) groups is 1. The molecule has 0 heterocycles. The van der Waals surface area contributed by atoms with Crippen molar-refractivity contribution in [1.29, 1.82) is 0 Å². The monoisotopic (exact) mass is 180 g/mol. The Morgan fingerprint density at radius 1 is 1.33 bits per heavy atom. The molecule has 64 valence electrons. The third kappa shape index (κ3) is 2.70. The normalized spacial score (nSPS) is 9.75. The van der Waals surface area contributed by atoms with Gasteiger partial charge in [-0.1, -0.05) is 19.1 Å². The van der Waals surface area contributed by atoms with E-state index in [1.165, 1.54) is 10.5 Å². The zero-order valence-electron chi connectivity index (χ0n) is 7.12. The van der Waals surface area contributed by atoms with E-state index in [4.69, 9.17) is 0 Å². The molecular weight excluding hydrogens is 168 g/mol. The van der Waals surface area contributed by atoms with Gasteiger partial charge in [-0.3, -0.25) is 0 Å². The molecule has 0 spiro atoms. The predicted octanol–water partition coefficient (Wildman–Crippen LogP) is 2.54. The van der Waals surface area contributed by atoms with Gasteiger partial charge in [0, 0.05) is 4.90 Å². The Hall–Kier alpha value is -0.760. The van der Waals surface area contributed by atoms with Crippen LogP contribution in [0.2, 0.25) is 0 Å². The molecule has 0 amide bonds. The second kappa shape index (κ2) is 4.99. The van der Waals surface area contributed by atoms with Crippen molar-refractivity contribution in [2.24, 2.45) is 0 Å². The van der Waals surface area contributed by atoms with Crippen molar-refractivity contribution in [3.05, 3.63) is 29.8 Å². The molecule has 1 aromatic carbocycles. The van der Waals surface area contributed by atoms with Gasteiger partial charge in [0.05, 0.1) is 5.75 Å². The third-order valence-corrected chi connectivity index (χ3v) is 2.56. The molecule has 0 aliphatic carbocycles. The maximum absolute atomic E-state index is 10.1. The van der Waals surface area contributed by atoms with E-state index < -0.39 is 0 Å². The summed E-state index contributed by atoms with van der Waals surface area (Å²) in [6.07, 6.45) is 2.00. The van der Waals surface area contributed by atoms with Gasteiger partial charge in [0.2, 0.25) is 0 Å². The van der Waals surface area contributed by atoms with E-state index in [0.717, 1.165) is 12.7 Å². The lowest BCUT2D eigenvalue weighted by Gasteiger charge is -1.98. The van der Waals surface area contributed by atoms with E-state index >= 15 is 0 Å². The highest BCUT2D eigenvalue weighted by Gasteiger charge is 1.92. The summed E-state index contributed by atoms with van der Waals surface area (Å²) in [7, 11) is 0. The fraction of sp³-hybridized carbons (Fsp3) is 0.300. The van der Waals surface area contributed by atoms with E-state index in [-0.39, 0.29) is 0 Å². The van der Waals surface area contributed by atoms with E-state index in [1.54, 1.807) is 11.8 Å². The number of hydrogen-bond donors (Lipinski definition) is 0. The zero-order valence-corrected chi connectivity index (χ0v) is 7.93. The molecule has 1 nitrogen and oxygen atoms in total. The van der Waals surface area contributed by atoms with Gasteiger partial charge in [-0.25, -0.2) is 0 Å². The summed E-state index contributed by atoms with van der Waals surface area (Å²) in [6.45, 7) is 2.13. The second-order valence-corrected chi connectivity index (χ2v) is 3.57. The van der Waals surface area contributed by atoms with Crippen LogP contribution in [0.4, 0.5) is 0 Å². The smallest absolute Gasteiger partial charge is 0.130 e. The highest BCUT2D eigenvalue weighted by Crippen LogP contribution is 2.17. The van der Waals surface area contributed by atoms with E-state index in [0.29, 0.717) is 5.75 Å². The topological polar surface area (TPSA) is 17.1 Å². The lowest BCUT2D eigenvalue weighted by atomic mass is 10.2. The predicted molar refractivity (Wildman–Crippen MR) is 52.6 cm³/mol. The molecule has 0 N–H and O–H groups in total. The molecular formula is C10H12OS. The number of hydrogen-bond acceptors (Lipinski definition) is 2. The number of rotatable bonds is 4. The molecule has 2 heteroatoms. The third-order valence-electron chi connectivity index (χ3n) is 1.65. The average Bonchev–Trinajstić information content (AvgIpc) is 2.15. The number of aryl methyl sites for hydroxylation is 1. The van der Waals surface area contributed by atoms with Crippen LogP contribution in [0.1, 0.15) is 12.5 Å². The summed E-state index contributed by atoms with van der Waals surface area (Å²) in [6, 6.07) is 8.33. The van der Waals surface area contributed by atoms with Crippen molar-refractivity contribution in [2.75, 3.05) is 5.75 Å². The Kier molecular flexibility index (Phi) is 3.88. The van der Waals surface area contributed by atoms with Crippen LogP contribution in [0.15, 0.2) is 29.2 Å². The quantitative estimate of drug-likeness (QED) is 0.523. The lowest BCUT2D eigenvalue weighted by molar-refractivity contribution is -0.105. The highest BCUT2D eigenvalue weighted by atomic mass is 32.2. The van der Waals surface area contributed by atoms with E-state index in [2.05, 4.69) is 31.2 Å². The van der Waals surface area contributed by atoms with Gasteiger partial charge in [-0.15, -0.1) is 11.8 Å². The summed E-state index contributed by atoms with van der Waals surface area (Å²) >= 11 is 1.57. The minimum absolute atomic E-state index is 0.547. The molecule has 0 atom stereocenters. The van der Waals surface area contributed by atoms with Crippen LogP contribution in [0, 0.1) is 0 Å². The average molecular weight is 180 g/mol. The van der Waals surface area contributed by atoms with Gasteiger partial charge in [0.15, 0.2) is 0 Å². The Balaban J connectivity index is 2.58. The number of aldehydes is 1. The Morgan fingerprint density at radius 2 is 2.00 bits per heavy atom. The second-order valence-electron chi connectivity index (χ2n) is 2.48. The Labute approximate surface area is 77.2 Å². The lowest BCUT2D eigenvalue weighted by Crippen LogP contribution is -1.81. The summed E-state index contributed by atoms with van der Waals surface area (Å²) in [4.78, 5) is 11.2. The van der Waals surface area contributed by atoms with Crippen LogP contribution in [0.25, 0.3) is 0 Å². The van der Waals surface area contributed by atoms with Crippen LogP contribution < -0.4 is 0 Å². The number of carbonyl (C=O) groups excluding carboxylic acids is 1. The summed E-state index contributed by atoms with van der Waals surface area (Å²) in [5.74, 6) is 0.547. The van der Waals surface area contributed by atoms with Crippen molar-refractivity contribution >= 4 is 18.0 Å². The van der Waals surface area contributed by atoms with Gasteiger partial charge in [-0.2, -0.15) is 0 Å². The molecule has 0 fully saturated rings. The van der Waals surface area contributed by atoms with Crippen molar-refractivity contribution in [3.8, 4) is 0 Å². The molecule has 0 aromatic heterocycles. The number of benzene rings is 1. The fourth-order valence-corrected chi connectivity index (χ4v) is 1.54. The zero-order chi connectivity index (χ0) is 8.81. The first-order valence-corrected chi connectivity index (χ1v) is 5.00. The minimum atomic E-state index is 0.547. The van der Waals surface area contributed by atoms with Crippen LogP contribution in [-0.4, -0.2) is 12.0 Å². The Bertz CT molecular complexity index is 241. The number of carbonyl (C=O) groups is 1. The first-order chi connectivity index (χ1) is 5.86. The summed E-state index contributed by atoms with van der Waals surface area (Å²) in [5, 5.41) is 0. The van der Waals surface area contributed by atoms with Crippen molar-refractivity contribution in [1.82, 2.24) is 0 Å². The molecule has 12 heavy (non-hydrogen) atoms. The van der Waals surface area contributed by atoms with E-state index in [9.17, 15) is 4.79 Å². The molecule has 0 radical (unpaired) electrons. The molecule has 1 rings (SSSR count). The Morgan fingerprint density at radius 3 is 2.50 bits per heavy atom. The van der Waals surface area contributed by atoms with Gasteiger partial charge >= 0.3 is 0 Å². The van der Waals surface area contributed by atoms with Gasteiger partial charge in [-0.05, 0) is 24.1 Å². The van der Waals surface area contributed by atoms with Crippen molar-refractivity contribution < 1.29 is 4.79 Å². The van der Waals surface area contributed by atoms with Crippen molar-refractivity contribution in [2.45, 2.75) is 18.2 Å². The van der Waals surface area contributed by atoms with Crippen LogP contribution in [0.5, 0.6) is 0 Å². The van der Waals surface area contributed by atoms with Crippen LogP contribution >= 0.6 is 11.8 Å². The van der Waals surface area contributed by atoms with Gasteiger partial charge in [0.1, 0.15) is 6.29 Å². The van der Waals surface area contributed by atoms with Crippen LogP contribution in [0.3, 0.4) is 0 Å². The molecule has 0 bridgehead atoms. The molecule has 0 aliphatic rings. The molecule has 0 unspecified atom stereocenters. The van der Waals surface area contributed by atoms with Crippen molar-refractivity contribution in [3.63, 3.8) is 0 Å². The molecule has 0 aliphatic heterocycles. The first-order valence-electron chi connectivity index (χ1n) is 4.02. The van der Waals surface area contributed by atoms with Crippen LogP contribution in [-0.2, 0) is 11.2 Å². The maximum Gasteiger partial charge on any atom is 0.130 e.